The van der Waals surface area contributed by atoms with Crippen molar-refractivity contribution in [3.05, 3.63) is 47.5 Å². The zero-order valence-electron chi connectivity index (χ0n) is 14.7. The molecule has 2 fully saturated rings. The normalized spacial score (nSPS) is 27.3. The van der Waals surface area contributed by atoms with Crippen molar-refractivity contribution in [1.82, 2.24) is 0 Å². The predicted octanol–water partition coefficient (Wildman–Crippen LogP) is 3.19. The summed E-state index contributed by atoms with van der Waals surface area (Å²) in [5.41, 5.74) is 1.83. The van der Waals surface area contributed by atoms with Gasteiger partial charge in [0, 0.05) is 11.8 Å². The molecule has 2 heterocycles. The number of phenols is 2. The highest BCUT2D eigenvalue weighted by molar-refractivity contribution is 5.44. The van der Waals surface area contributed by atoms with Gasteiger partial charge < -0.3 is 29.2 Å². The van der Waals surface area contributed by atoms with Gasteiger partial charge in [0.25, 0.3) is 0 Å². The van der Waals surface area contributed by atoms with E-state index in [2.05, 4.69) is 0 Å². The number of hydrogen-bond donors (Lipinski definition) is 2. The Balaban J connectivity index is 1.56. The number of fused-ring (bicyclic) bond motifs is 1. The molecule has 0 spiro atoms. The Labute approximate surface area is 151 Å². The van der Waals surface area contributed by atoms with E-state index >= 15 is 0 Å². The molecule has 2 aliphatic heterocycles. The first-order valence-corrected chi connectivity index (χ1v) is 8.59. The molecule has 0 unspecified atom stereocenters. The summed E-state index contributed by atoms with van der Waals surface area (Å²) in [5, 5.41) is 20.1. The summed E-state index contributed by atoms with van der Waals surface area (Å²) < 4.78 is 22.3. The SMILES string of the molecule is COc1ccc([C@H]2OC[C@H]3[C@H]2CO[C@H]3c2ccc(OC)c(O)c2)cc1O. The first-order valence-electron chi connectivity index (χ1n) is 8.59. The molecule has 6 heteroatoms. The number of ether oxygens (including phenoxy) is 4. The maximum atomic E-state index is 10.1. The minimum atomic E-state index is -0.131. The molecular weight excluding hydrogens is 336 g/mol. The number of methoxy groups -OCH3 is 2. The van der Waals surface area contributed by atoms with Crippen LogP contribution in [0.4, 0.5) is 0 Å². The molecule has 0 radical (unpaired) electrons. The molecule has 0 saturated carbocycles. The van der Waals surface area contributed by atoms with Gasteiger partial charge in [-0.2, -0.15) is 0 Å². The first kappa shape index (κ1) is 17.0. The van der Waals surface area contributed by atoms with Crippen LogP contribution in [0.5, 0.6) is 23.0 Å². The Kier molecular flexibility index (Phi) is 4.38. The third kappa shape index (κ3) is 2.75. The van der Waals surface area contributed by atoms with Gasteiger partial charge in [0.1, 0.15) is 0 Å². The minimum Gasteiger partial charge on any atom is -0.504 e. The summed E-state index contributed by atoms with van der Waals surface area (Å²) in [7, 11) is 3.05. The van der Waals surface area contributed by atoms with E-state index < -0.39 is 0 Å². The summed E-state index contributed by atoms with van der Waals surface area (Å²) in [6.45, 7) is 1.14. The fourth-order valence-electron chi connectivity index (χ4n) is 4.00. The van der Waals surface area contributed by atoms with Crippen LogP contribution < -0.4 is 9.47 Å². The number of benzene rings is 2. The van der Waals surface area contributed by atoms with Crippen LogP contribution in [0.15, 0.2) is 36.4 Å². The largest absolute Gasteiger partial charge is 0.504 e. The Bertz CT molecular complexity index is 737. The van der Waals surface area contributed by atoms with Crippen LogP contribution in [-0.4, -0.2) is 37.6 Å². The monoisotopic (exact) mass is 358 g/mol. The lowest BCUT2D eigenvalue weighted by Gasteiger charge is -2.18. The Hall–Kier alpha value is -2.44. The fourth-order valence-corrected chi connectivity index (χ4v) is 4.00. The van der Waals surface area contributed by atoms with E-state index in [0.717, 1.165) is 11.1 Å². The number of aromatic hydroxyl groups is 2. The number of rotatable bonds is 4. The van der Waals surface area contributed by atoms with Crippen LogP contribution in [0.2, 0.25) is 0 Å². The van der Waals surface area contributed by atoms with Crippen molar-refractivity contribution >= 4 is 0 Å². The van der Waals surface area contributed by atoms with Gasteiger partial charge in [0.05, 0.1) is 39.6 Å². The molecule has 6 nitrogen and oxygen atoms in total. The summed E-state index contributed by atoms with van der Waals surface area (Å²) in [4.78, 5) is 0. The summed E-state index contributed by atoms with van der Waals surface area (Å²) in [5.74, 6) is 1.48. The van der Waals surface area contributed by atoms with Gasteiger partial charge in [-0.1, -0.05) is 12.1 Å². The van der Waals surface area contributed by atoms with Gasteiger partial charge >= 0.3 is 0 Å². The molecule has 2 aromatic carbocycles. The van der Waals surface area contributed by atoms with Crippen LogP contribution in [0.1, 0.15) is 23.3 Å². The van der Waals surface area contributed by atoms with E-state index in [-0.39, 0.29) is 35.5 Å². The molecule has 0 aromatic heterocycles. The van der Waals surface area contributed by atoms with Crippen LogP contribution in [-0.2, 0) is 9.47 Å². The van der Waals surface area contributed by atoms with Crippen molar-refractivity contribution in [2.24, 2.45) is 11.8 Å². The molecular formula is C20H22O6. The van der Waals surface area contributed by atoms with Crippen molar-refractivity contribution in [3.8, 4) is 23.0 Å². The zero-order valence-corrected chi connectivity index (χ0v) is 14.7. The van der Waals surface area contributed by atoms with E-state index in [0.29, 0.717) is 24.7 Å². The summed E-state index contributed by atoms with van der Waals surface area (Å²) >= 11 is 0. The second kappa shape index (κ2) is 6.70. The van der Waals surface area contributed by atoms with Gasteiger partial charge in [-0.15, -0.1) is 0 Å². The second-order valence-electron chi connectivity index (χ2n) is 6.70. The van der Waals surface area contributed by atoms with E-state index in [9.17, 15) is 10.2 Å². The van der Waals surface area contributed by atoms with Gasteiger partial charge in [-0.3, -0.25) is 0 Å². The predicted molar refractivity (Wildman–Crippen MR) is 93.7 cm³/mol. The van der Waals surface area contributed by atoms with Crippen LogP contribution in [0.25, 0.3) is 0 Å². The fraction of sp³-hybridized carbons (Fsp3) is 0.400. The number of phenolic OH excluding ortho intramolecular Hbond substituents is 2. The van der Waals surface area contributed by atoms with E-state index in [1.807, 2.05) is 12.1 Å². The molecule has 2 saturated heterocycles. The van der Waals surface area contributed by atoms with Gasteiger partial charge in [0.2, 0.25) is 0 Å². The lowest BCUT2D eigenvalue weighted by molar-refractivity contribution is 0.0191. The van der Waals surface area contributed by atoms with Crippen LogP contribution >= 0.6 is 0 Å². The topological polar surface area (TPSA) is 77.4 Å². The van der Waals surface area contributed by atoms with Crippen molar-refractivity contribution < 1.29 is 29.2 Å². The Morgan fingerprint density at radius 3 is 1.54 bits per heavy atom. The molecule has 2 aliphatic rings. The van der Waals surface area contributed by atoms with Gasteiger partial charge in [-0.25, -0.2) is 0 Å². The molecule has 0 bridgehead atoms. The molecule has 2 N–H and O–H groups in total. The van der Waals surface area contributed by atoms with E-state index in [1.54, 1.807) is 24.3 Å². The third-order valence-corrected chi connectivity index (χ3v) is 5.33. The lowest BCUT2D eigenvalue weighted by atomic mass is 9.85. The second-order valence-corrected chi connectivity index (χ2v) is 6.70. The first-order chi connectivity index (χ1) is 12.6. The highest BCUT2D eigenvalue weighted by Crippen LogP contribution is 2.51. The highest BCUT2D eigenvalue weighted by Gasteiger charge is 2.48. The maximum Gasteiger partial charge on any atom is 0.160 e. The van der Waals surface area contributed by atoms with Crippen molar-refractivity contribution in [3.63, 3.8) is 0 Å². The Morgan fingerprint density at radius 2 is 1.19 bits per heavy atom. The molecule has 4 atom stereocenters. The van der Waals surface area contributed by atoms with Crippen molar-refractivity contribution in [1.29, 1.82) is 0 Å². The molecule has 2 aromatic rings. The molecule has 0 amide bonds. The smallest absolute Gasteiger partial charge is 0.160 e. The lowest BCUT2D eigenvalue weighted by Crippen LogP contribution is -2.14. The van der Waals surface area contributed by atoms with Crippen molar-refractivity contribution in [2.75, 3.05) is 27.4 Å². The average Bonchev–Trinajstić information content (AvgIpc) is 3.23. The number of hydrogen-bond acceptors (Lipinski definition) is 6. The summed E-state index contributed by atoms with van der Waals surface area (Å²) in [6, 6.07) is 10.7. The quantitative estimate of drug-likeness (QED) is 0.874. The Morgan fingerprint density at radius 1 is 0.769 bits per heavy atom. The highest BCUT2D eigenvalue weighted by atomic mass is 16.5. The summed E-state index contributed by atoms with van der Waals surface area (Å²) in [6.07, 6.45) is -0.262. The minimum absolute atomic E-state index is 0.104. The molecule has 4 rings (SSSR count). The molecule has 138 valence electrons. The van der Waals surface area contributed by atoms with E-state index in [1.165, 1.54) is 14.2 Å². The van der Waals surface area contributed by atoms with E-state index in [4.69, 9.17) is 18.9 Å². The average molecular weight is 358 g/mol. The van der Waals surface area contributed by atoms with Crippen LogP contribution in [0.3, 0.4) is 0 Å². The van der Waals surface area contributed by atoms with Crippen LogP contribution in [0, 0.1) is 11.8 Å². The maximum absolute atomic E-state index is 10.1. The third-order valence-electron chi connectivity index (χ3n) is 5.33. The zero-order chi connectivity index (χ0) is 18.3. The molecule has 0 aliphatic carbocycles. The molecule has 26 heavy (non-hydrogen) atoms. The van der Waals surface area contributed by atoms with Gasteiger partial charge in [0.15, 0.2) is 23.0 Å². The standard InChI is InChI=1S/C20H22O6/c1-23-17-5-3-11(7-15(17)21)19-13-9-26-20(14(13)10-25-19)12-4-6-18(24-2)16(22)8-12/h3-8,13-14,19-22H,9-10H2,1-2H3/t13-,14+,19-,20+. The van der Waals surface area contributed by atoms with Crippen molar-refractivity contribution in [2.45, 2.75) is 12.2 Å². The van der Waals surface area contributed by atoms with Gasteiger partial charge in [-0.05, 0) is 35.4 Å².